The van der Waals surface area contributed by atoms with Crippen LogP contribution in [0.5, 0.6) is 0 Å². The molecule has 0 aliphatic rings. The topological polar surface area (TPSA) is 46.2 Å². The summed E-state index contributed by atoms with van der Waals surface area (Å²) in [6.45, 7) is 3.03. The molecule has 3 nitrogen and oxygen atoms in total. The van der Waals surface area contributed by atoms with Gasteiger partial charge >= 0.3 is 0 Å². The van der Waals surface area contributed by atoms with E-state index in [4.69, 9.17) is 0 Å². The average molecular weight is 259 g/mol. The summed E-state index contributed by atoms with van der Waals surface area (Å²) in [5.74, 6) is -0.870. The summed E-state index contributed by atoms with van der Waals surface area (Å²) in [7, 11) is 0. The van der Waals surface area contributed by atoms with E-state index in [9.17, 15) is 14.0 Å². The highest BCUT2D eigenvalue weighted by molar-refractivity contribution is 6.08. The Kier molecular flexibility index (Phi) is 3.60. The molecule has 0 saturated carbocycles. The molecule has 1 N–H and O–H groups in total. The molecular weight excluding hydrogens is 245 g/mol. The van der Waals surface area contributed by atoms with Crippen molar-refractivity contribution in [2.45, 2.75) is 19.9 Å². The molecule has 98 valence electrons. The van der Waals surface area contributed by atoms with Crippen molar-refractivity contribution in [1.29, 1.82) is 0 Å². The summed E-state index contributed by atoms with van der Waals surface area (Å²) in [6.07, 6.45) is 0. The number of halogens is 1. The molecule has 1 atom stereocenters. The molecule has 0 fully saturated rings. The molecule has 2 aromatic carbocycles. The lowest BCUT2D eigenvalue weighted by molar-refractivity contribution is -0.118. The third kappa shape index (κ3) is 2.62. The van der Waals surface area contributed by atoms with Crippen molar-refractivity contribution in [2.75, 3.05) is 0 Å². The van der Waals surface area contributed by atoms with Gasteiger partial charge in [0.2, 0.25) is 0 Å². The minimum absolute atomic E-state index is 0.125. The van der Waals surface area contributed by atoms with E-state index in [1.54, 1.807) is 31.2 Å². The van der Waals surface area contributed by atoms with Gasteiger partial charge in [0.1, 0.15) is 5.82 Å². The summed E-state index contributed by atoms with van der Waals surface area (Å²) in [5, 5.41) is 3.53. The van der Waals surface area contributed by atoms with Gasteiger partial charge in [0.25, 0.3) is 5.91 Å². The molecule has 1 amide bonds. The first-order valence-corrected chi connectivity index (χ1v) is 5.99. The molecule has 0 aliphatic carbocycles. The van der Waals surface area contributed by atoms with Gasteiger partial charge in [-0.25, -0.2) is 4.39 Å². The van der Waals surface area contributed by atoms with Gasteiger partial charge in [-0.3, -0.25) is 9.59 Å². The van der Waals surface area contributed by atoms with E-state index in [0.29, 0.717) is 16.3 Å². The highest BCUT2D eigenvalue weighted by atomic mass is 19.1. The van der Waals surface area contributed by atoms with Crippen LogP contribution in [0.3, 0.4) is 0 Å². The molecule has 4 heteroatoms. The Bertz CT molecular complexity index is 652. The fraction of sp³-hybridized carbons (Fsp3) is 0.200. The maximum absolute atomic E-state index is 13.6. The number of ketones is 1. The first-order chi connectivity index (χ1) is 9.00. The van der Waals surface area contributed by atoms with Crippen molar-refractivity contribution in [2.24, 2.45) is 0 Å². The van der Waals surface area contributed by atoms with Gasteiger partial charge in [-0.05, 0) is 31.4 Å². The maximum Gasteiger partial charge on any atom is 0.252 e. The van der Waals surface area contributed by atoms with Crippen LogP contribution in [0, 0.1) is 5.82 Å². The SMILES string of the molecule is CC(=O)C(C)NC(=O)c1ccc(F)c2ccccc12. The van der Waals surface area contributed by atoms with Gasteiger partial charge in [0, 0.05) is 10.9 Å². The number of carbonyl (C=O) groups excluding carboxylic acids is 2. The number of carbonyl (C=O) groups is 2. The second-order valence-corrected chi connectivity index (χ2v) is 4.45. The second kappa shape index (κ2) is 5.18. The van der Waals surface area contributed by atoms with E-state index < -0.39 is 6.04 Å². The van der Waals surface area contributed by atoms with Gasteiger partial charge in [-0.15, -0.1) is 0 Å². The van der Waals surface area contributed by atoms with Crippen LogP contribution in [0.2, 0.25) is 0 Å². The van der Waals surface area contributed by atoms with Gasteiger partial charge < -0.3 is 5.32 Å². The number of hydrogen-bond acceptors (Lipinski definition) is 2. The normalized spacial score (nSPS) is 12.2. The molecule has 0 aromatic heterocycles. The number of amides is 1. The number of Topliss-reactive ketones (excluding diaryl/α,β-unsaturated/α-hetero) is 1. The quantitative estimate of drug-likeness (QED) is 0.921. The van der Waals surface area contributed by atoms with E-state index in [1.807, 2.05) is 0 Å². The molecule has 0 bridgehead atoms. The minimum Gasteiger partial charge on any atom is -0.343 e. The van der Waals surface area contributed by atoms with Crippen molar-refractivity contribution < 1.29 is 14.0 Å². The average Bonchev–Trinajstić information content (AvgIpc) is 2.39. The number of fused-ring (bicyclic) bond motifs is 1. The third-order valence-electron chi connectivity index (χ3n) is 3.07. The fourth-order valence-electron chi connectivity index (χ4n) is 1.84. The summed E-state index contributed by atoms with van der Waals surface area (Å²) < 4.78 is 13.6. The Hall–Kier alpha value is -2.23. The molecule has 19 heavy (non-hydrogen) atoms. The highest BCUT2D eigenvalue weighted by Crippen LogP contribution is 2.21. The molecule has 2 aromatic rings. The lowest BCUT2D eigenvalue weighted by Gasteiger charge is -2.12. The summed E-state index contributed by atoms with van der Waals surface area (Å²) >= 11 is 0. The zero-order chi connectivity index (χ0) is 14.0. The van der Waals surface area contributed by atoms with E-state index >= 15 is 0 Å². The van der Waals surface area contributed by atoms with Crippen LogP contribution in [-0.4, -0.2) is 17.7 Å². The summed E-state index contributed by atoms with van der Waals surface area (Å²) in [4.78, 5) is 23.3. The summed E-state index contributed by atoms with van der Waals surface area (Å²) in [6, 6.07) is 8.89. The van der Waals surface area contributed by atoms with E-state index in [0.717, 1.165) is 0 Å². The molecular formula is C15H14FNO2. The molecule has 1 unspecified atom stereocenters. The molecule has 0 radical (unpaired) electrons. The molecule has 0 spiro atoms. The van der Waals surface area contributed by atoms with Crippen molar-refractivity contribution in [1.82, 2.24) is 5.32 Å². The molecule has 0 heterocycles. The zero-order valence-electron chi connectivity index (χ0n) is 10.7. The van der Waals surface area contributed by atoms with Crippen LogP contribution in [0.1, 0.15) is 24.2 Å². The third-order valence-corrected chi connectivity index (χ3v) is 3.07. The molecule has 0 aliphatic heterocycles. The second-order valence-electron chi connectivity index (χ2n) is 4.45. The van der Waals surface area contributed by atoms with Gasteiger partial charge in [0.05, 0.1) is 6.04 Å². The summed E-state index contributed by atoms with van der Waals surface area (Å²) in [5.41, 5.74) is 0.366. The van der Waals surface area contributed by atoms with Crippen LogP contribution in [-0.2, 0) is 4.79 Å². The minimum atomic E-state index is -0.559. The monoisotopic (exact) mass is 259 g/mol. The van der Waals surface area contributed by atoms with Crippen LogP contribution < -0.4 is 5.32 Å². The molecule has 2 rings (SSSR count). The lowest BCUT2D eigenvalue weighted by atomic mass is 10.0. The van der Waals surface area contributed by atoms with Crippen LogP contribution in [0.4, 0.5) is 4.39 Å². The number of hydrogen-bond donors (Lipinski definition) is 1. The first kappa shape index (κ1) is 13.2. The Morgan fingerprint density at radius 2 is 1.74 bits per heavy atom. The Morgan fingerprint density at radius 1 is 1.11 bits per heavy atom. The number of benzene rings is 2. The van der Waals surface area contributed by atoms with E-state index in [2.05, 4.69) is 5.32 Å². The highest BCUT2D eigenvalue weighted by Gasteiger charge is 2.16. The zero-order valence-corrected chi connectivity index (χ0v) is 10.7. The standard InChI is InChI=1S/C15H14FNO2/c1-9(10(2)18)17-15(19)13-7-8-14(16)12-6-4-3-5-11(12)13/h3-9H,1-2H3,(H,17,19). The lowest BCUT2D eigenvalue weighted by Crippen LogP contribution is -2.37. The van der Waals surface area contributed by atoms with Crippen molar-refractivity contribution in [3.8, 4) is 0 Å². The number of rotatable bonds is 3. The van der Waals surface area contributed by atoms with Gasteiger partial charge in [-0.2, -0.15) is 0 Å². The van der Waals surface area contributed by atoms with E-state index in [1.165, 1.54) is 19.1 Å². The number of nitrogens with one attached hydrogen (secondary N) is 1. The van der Waals surface area contributed by atoms with E-state index in [-0.39, 0.29) is 17.5 Å². The van der Waals surface area contributed by atoms with Gasteiger partial charge in [0.15, 0.2) is 5.78 Å². The van der Waals surface area contributed by atoms with Crippen LogP contribution in [0.25, 0.3) is 10.8 Å². The van der Waals surface area contributed by atoms with Gasteiger partial charge in [-0.1, -0.05) is 24.3 Å². The maximum atomic E-state index is 13.6. The Morgan fingerprint density at radius 3 is 2.37 bits per heavy atom. The Balaban J connectivity index is 2.43. The van der Waals surface area contributed by atoms with Crippen LogP contribution >= 0.6 is 0 Å². The van der Waals surface area contributed by atoms with Crippen LogP contribution in [0.15, 0.2) is 36.4 Å². The largest absolute Gasteiger partial charge is 0.343 e. The fourth-order valence-corrected chi connectivity index (χ4v) is 1.84. The predicted octanol–water partition coefficient (Wildman–Crippen LogP) is 2.69. The van der Waals surface area contributed by atoms with Crippen molar-refractivity contribution >= 4 is 22.5 Å². The smallest absolute Gasteiger partial charge is 0.252 e. The Labute approximate surface area is 110 Å². The molecule has 0 saturated heterocycles. The van der Waals surface area contributed by atoms with Crippen molar-refractivity contribution in [3.63, 3.8) is 0 Å². The van der Waals surface area contributed by atoms with Crippen molar-refractivity contribution in [3.05, 3.63) is 47.8 Å². The predicted molar refractivity (Wildman–Crippen MR) is 71.5 cm³/mol. The first-order valence-electron chi connectivity index (χ1n) is 5.99.